The number of carbonyl (C=O) groups excluding carboxylic acids is 1. The molecule has 0 heterocycles. The van der Waals surface area contributed by atoms with Gasteiger partial charge in [0.25, 0.3) is 0 Å². The monoisotopic (exact) mass is 412 g/mol. The van der Waals surface area contributed by atoms with Gasteiger partial charge in [-0.05, 0) is 43.0 Å². The zero-order valence-electron chi connectivity index (χ0n) is 17.3. The lowest BCUT2D eigenvalue weighted by atomic mass is 9.96. The Kier molecular flexibility index (Phi) is 6.80. The van der Waals surface area contributed by atoms with Crippen LogP contribution in [-0.2, 0) is 10.2 Å². The number of rotatable bonds is 7. The Morgan fingerprint density at radius 2 is 1.90 bits per heavy atom. The van der Waals surface area contributed by atoms with Gasteiger partial charge in [-0.25, -0.2) is 4.99 Å². The van der Waals surface area contributed by atoms with E-state index in [1.54, 1.807) is 19.0 Å². The van der Waals surface area contributed by atoms with E-state index in [0.717, 1.165) is 30.0 Å². The van der Waals surface area contributed by atoms with Crippen LogP contribution < -0.4 is 10.6 Å². The maximum Gasteiger partial charge on any atom is 0.243 e. The summed E-state index contributed by atoms with van der Waals surface area (Å²) in [6.45, 7) is 2.94. The van der Waals surface area contributed by atoms with Crippen molar-refractivity contribution in [3.8, 4) is 0 Å². The third-order valence-electron chi connectivity index (χ3n) is 5.41. The molecule has 0 saturated heterocycles. The molecular weight excluding hydrogens is 384 g/mol. The Bertz CT molecular complexity index is 862. The number of nitrogens with one attached hydrogen (secondary N) is 2. The van der Waals surface area contributed by atoms with E-state index in [9.17, 15) is 4.79 Å². The lowest BCUT2D eigenvalue weighted by molar-refractivity contribution is -0.127. The minimum absolute atomic E-state index is 0.0329. The second kappa shape index (κ2) is 9.31. The van der Waals surface area contributed by atoms with Gasteiger partial charge in [-0.1, -0.05) is 54.1 Å². The number of hydrogen-bond acceptors (Lipinski definition) is 2. The predicted molar refractivity (Wildman–Crippen MR) is 119 cm³/mol. The molecule has 154 valence electrons. The standard InChI is InChI=1S/C23H29ClN4O/c1-17(18-8-5-4-6-9-18)27-22(25-15-21(29)28(2)3)26-16-23(12-13-23)19-10-7-11-20(24)14-19/h4-11,14,17H,12-13,15-16H2,1-3H3,(H2,25,26,27). The van der Waals surface area contributed by atoms with Gasteiger partial charge in [-0.2, -0.15) is 0 Å². The van der Waals surface area contributed by atoms with Gasteiger partial charge < -0.3 is 15.5 Å². The molecule has 1 atom stereocenters. The highest BCUT2D eigenvalue weighted by atomic mass is 35.5. The molecule has 1 amide bonds. The normalized spacial score (nSPS) is 16.1. The number of aliphatic imine (C=N–C) groups is 1. The summed E-state index contributed by atoms with van der Waals surface area (Å²) in [6, 6.07) is 18.3. The molecule has 1 aliphatic carbocycles. The third kappa shape index (κ3) is 5.73. The van der Waals surface area contributed by atoms with Crippen molar-refractivity contribution in [2.75, 3.05) is 27.2 Å². The zero-order chi connectivity index (χ0) is 20.9. The van der Waals surface area contributed by atoms with Crippen molar-refractivity contribution >= 4 is 23.5 Å². The van der Waals surface area contributed by atoms with Crippen molar-refractivity contribution in [3.05, 3.63) is 70.7 Å². The predicted octanol–water partition coefficient (Wildman–Crippen LogP) is 3.76. The summed E-state index contributed by atoms with van der Waals surface area (Å²) < 4.78 is 0. The van der Waals surface area contributed by atoms with E-state index in [0.29, 0.717) is 5.96 Å². The second-order valence-corrected chi connectivity index (χ2v) is 8.31. The molecule has 29 heavy (non-hydrogen) atoms. The topological polar surface area (TPSA) is 56.7 Å². The van der Waals surface area contributed by atoms with Crippen LogP contribution in [0.3, 0.4) is 0 Å². The largest absolute Gasteiger partial charge is 0.355 e. The molecule has 2 aromatic rings. The molecule has 0 spiro atoms. The van der Waals surface area contributed by atoms with Crippen LogP contribution in [0.1, 0.15) is 36.9 Å². The van der Waals surface area contributed by atoms with Crippen molar-refractivity contribution in [3.63, 3.8) is 0 Å². The molecule has 0 aromatic heterocycles. The summed E-state index contributed by atoms with van der Waals surface area (Å²) in [5.41, 5.74) is 2.49. The summed E-state index contributed by atoms with van der Waals surface area (Å²) in [6.07, 6.45) is 2.22. The van der Waals surface area contributed by atoms with Crippen molar-refractivity contribution in [1.29, 1.82) is 0 Å². The summed E-state index contributed by atoms with van der Waals surface area (Å²) in [5.74, 6) is 0.610. The van der Waals surface area contributed by atoms with Crippen LogP contribution in [0.25, 0.3) is 0 Å². The van der Waals surface area contributed by atoms with Gasteiger partial charge in [-0.15, -0.1) is 0 Å². The first-order chi connectivity index (χ1) is 13.9. The number of benzene rings is 2. The molecule has 1 aliphatic rings. The van der Waals surface area contributed by atoms with E-state index in [-0.39, 0.29) is 23.9 Å². The first-order valence-electron chi connectivity index (χ1n) is 9.96. The highest BCUT2D eigenvalue weighted by Gasteiger charge is 2.44. The molecule has 0 radical (unpaired) electrons. The van der Waals surface area contributed by atoms with Gasteiger partial charge in [0.1, 0.15) is 6.54 Å². The summed E-state index contributed by atoms with van der Waals surface area (Å²) in [5, 5.41) is 7.65. The molecule has 2 N–H and O–H groups in total. The van der Waals surface area contributed by atoms with E-state index in [2.05, 4.69) is 40.7 Å². The first-order valence-corrected chi connectivity index (χ1v) is 10.3. The maximum absolute atomic E-state index is 12.0. The fraction of sp³-hybridized carbons (Fsp3) is 0.391. The second-order valence-electron chi connectivity index (χ2n) is 7.87. The van der Waals surface area contributed by atoms with Gasteiger partial charge in [0, 0.05) is 31.1 Å². The number of amides is 1. The molecule has 1 unspecified atom stereocenters. The fourth-order valence-electron chi connectivity index (χ4n) is 3.26. The number of guanidine groups is 1. The van der Waals surface area contributed by atoms with Gasteiger partial charge >= 0.3 is 0 Å². The van der Waals surface area contributed by atoms with Gasteiger partial charge in [0.15, 0.2) is 5.96 Å². The summed E-state index contributed by atoms with van der Waals surface area (Å²) in [4.78, 5) is 18.1. The van der Waals surface area contributed by atoms with Crippen molar-refractivity contribution in [2.24, 2.45) is 4.99 Å². The molecule has 3 rings (SSSR count). The van der Waals surface area contributed by atoms with Crippen LogP contribution in [0.2, 0.25) is 5.02 Å². The van der Waals surface area contributed by atoms with Gasteiger partial charge in [0.2, 0.25) is 5.91 Å². The maximum atomic E-state index is 12.0. The summed E-state index contributed by atoms with van der Waals surface area (Å²) >= 11 is 6.19. The van der Waals surface area contributed by atoms with Crippen LogP contribution in [0.4, 0.5) is 0 Å². The highest BCUT2D eigenvalue weighted by Crippen LogP contribution is 2.48. The first kappa shape index (κ1) is 21.2. The Hall–Kier alpha value is -2.53. The number of likely N-dealkylation sites (N-methyl/N-ethyl adjacent to an activating group) is 1. The number of hydrogen-bond donors (Lipinski definition) is 2. The lowest BCUT2D eigenvalue weighted by Crippen LogP contribution is -2.43. The zero-order valence-corrected chi connectivity index (χ0v) is 18.0. The summed E-state index contributed by atoms with van der Waals surface area (Å²) in [7, 11) is 3.48. The van der Waals surface area contributed by atoms with Crippen molar-refractivity contribution in [2.45, 2.75) is 31.2 Å². The molecule has 5 nitrogen and oxygen atoms in total. The van der Waals surface area contributed by atoms with Crippen LogP contribution >= 0.6 is 11.6 Å². The van der Waals surface area contributed by atoms with Crippen LogP contribution in [0.15, 0.2) is 59.6 Å². The average molecular weight is 413 g/mol. The molecule has 0 aliphatic heterocycles. The molecule has 6 heteroatoms. The Labute approximate surface area is 178 Å². The fourth-order valence-corrected chi connectivity index (χ4v) is 3.45. The quantitative estimate of drug-likeness (QED) is 0.537. The molecule has 2 aromatic carbocycles. The molecule has 0 bridgehead atoms. The van der Waals surface area contributed by atoms with Crippen LogP contribution in [0.5, 0.6) is 0 Å². The average Bonchev–Trinajstić information content (AvgIpc) is 3.51. The Morgan fingerprint density at radius 3 is 2.52 bits per heavy atom. The minimum atomic E-state index is -0.0329. The number of carbonyl (C=O) groups is 1. The van der Waals surface area contributed by atoms with E-state index >= 15 is 0 Å². The smallest absolute Gasteiger partial charge is 0.243 e. The lowest BCUT2D eigenvalue weighted by Gasteiger charge is -2.22. The molecule has 1 saturated carbocycles. The van der Waals surface area contributed by atoms with Gasteiger partial charge in [0.05, 0.1) is 6.04 Å². The number of nitrogens with zero attached hydrogens (tertiary/aromatic N) is 2. The Morgan fingerprint density at radius 1 is 1.17 bits per heavy atom. The van der Waals surface area contributed by atoms with E-state index < -0.39 is 0 Å². The van der Waals surface area contributed by atoms with Crippen molar-refractivity contribution in [1.82, 2.24) is 15.5 Å². The van der Waals surface area contributed by atoms with Crippen LogP contribution in [-0.4, -0.2) is 44.0 Å². The van der Waals surface area contributed by atoms with Crippen LogP contribution in [0, 0.1) is 0 Å². The third-order valence-corrected chi connectivity index (χ3v) is 5.64. The van der Waals surface area contributed by atoms with Gasteiger partial charge in [-0.3, -0.25) is 4.79 Å². The number of halogens is 1. The van der Waals surface area contributed by atoms with Crippen molar-refractivity contribution < 1.29 is 4.79 Å². The van der Waals surface area contributed by atoms with E-state index in [4.69, 9.17) is 11.6 Å². The SMILES string of the molecule is CC(NC(=NCC(=O)N(C)C)NCC1(c2cccc(Cl)c2)CC1)c1ccccc1. The molecular formula is C23H29ClN4O. The molecule has 1 fully saturated rings. The minimum Gasteiger partial charge on any atom is -0.355 e. The van der Waals surface area contributed by atoms with E-state index in [1.165, 1.54) is 5.56 Å². The van der Waals surface area contributed by atoms with E-state index in [1.807, 2.05) is 36.4 Å². The Balaban J connectivity index is 1.71. The highest BCUT2D eigenvalue weighted by molar-refractivity contribution is 6.30.